The van der Waals surface area contributed by atoms with E-state index in [1.54, 1.807) is 24.3 Å². The van der Waals surface area contributed by atoms with E-state index in [0.717, 1.165) is 4.68 Å². The smallest absolute Gasteiger partial charge is 0.280 e. The van der Waals surface area contributed by atoms with Gasteiger partial charge in [-0.2, -0.15) is 9.78 Å². The van der Waals surface area contributed by atoms with Crippen molar-refractivity contribution < 1.29 is 9.59 Å². The number of ketones is 1. The minimum Gasteiger partial charge on any atom is -0.383 e. The third-order valence-corrected chi connectivity index (χ3v) is 3.77. The first-order valence-corrected chi connectivity index (χ1v) is 6.89. The summed E-state index contributed by atoms with van der Waals surface area (Å²) < 4.78 is 1.15. The van der Waals surface area contributed by atoms with Crippen molar-refractivity contribution in [2.75, 3.05) is 5.73 Å². The number of fused-ring (bicyclic) bond motifs is 1. The number of benzene rings is 1. The Balaban J connectivity index is 2.07. The molecule has 21 heavy (non-hydrogen) atoms. The monoisotopic (exact) mass is 283 g/mol. The van der Waals surface area contributed by atoms with Crippen molar-refractivity contribution in [3.05, 3.63) is 47.2 Å². The van der Waals surface area contributed by atoms with Gasteiger partial charge in [0.2, 0.25) is 0 Å². The van der Waals surface area contributed by atoms with E-state index in [2.05, 4.69) is 5.10 Å². The van der Waals surface area contributed by atoms with Crippen LogP contribution in [0.4, 0.5) is 5.82 Å². The zero-order valence-corrected chi connectivity index (χ0v) is 12.1. The van der Waals surface area contributed by atoms with Crippen LogP contribution in [0.1, 0.15) is 46.7 Å². The van der Waals surface area contributed by atoms with Crippen molar-refractivity contribution in [3.8, 4) is 0 Å². The van der Waals surface area contributed by atoms with Crippen LogP contribution in [0.3, 0.4) is 0 Å². The molecule has 5 nitrogen and oxygen atoms in total. The second-order valence-electron chi connectivity index (χ2n) is 6.23. The van der Waals surface area contributed by atoms with Gasteiger partial charge in [-0.1, -0.05) is 32.0 Å². The Kier molecular flexibility index (Phi) is 2.93. The molecule has 0 atom stereocenters. The van der Waals surface area contributed by atoms with E-state index in [0.29, 0.717) is 29.7 Å². The largest absolute Gasteiger partial charge is 0.383 e. The molecule has 1 aromatic heterocycles. The predicted molar refractivity (Wildman–Crippen MR) is 79.2 cm³/mol. The number of nitrogens with zero attached hydrogens (tertiary/aromatic N) is 2. The number of hydrogen-bond donors (Lipinski definition) is 1. The Morgan fingerprint density at radius 3 is 2.57 bits per heavy atom. The van der Waals surface area contributed by atoms with E-state index in [1.807, 2.05) is 19.9 Å². The van der Waals surface area contributed by atoms with E-state index >= 15 is 0 Å². The summed E-state index contributed by atoms with van der Waals surface area (Å²) in [5.41, 5.74) is 7.39. The van der Waals surface area contributed by atoms with Gasteiger partial charge in [-0.25, -0.2) is 0 Å². The number of nitrogen functional groups attached to an aromatic ring is 1. The zero-order chi connectivity index (χ0) is 15.2. The van der Waals surface area contributed by atoms with Crippen molar-refractivity contribution in [2.45, 2.75) is 26.7 Å². The number of carbonyl (C=O) groups is 2. The van der Waals surface area contributed by atoms with Crippen LogP contribution in [0.2, 0.25) is 0 Å². The molecule has 0 bridgehead atoms. The van der Waals surface area contributed by atoms with Crippen LogP contribution in [-0.2, 0) is 6.42 Å². The summed E-state index contributed by atoms with van der Waals surface area (Å²) in [4.78, 5) is 24.7. The van der Waals surface area contributed by atoms with Gasteiger partial charge in [0.25, 0.3) is 5.91 Å². The number of nitrogens with two attached hydrogens (primary N) is 1. The molecule has 0 aliphatic heterocycles. The van der Waals surface area contributed by atoms with Gasteiger partial charge in [-0.3, -0.25) is 9.59 Å². The summed E-state index contributed by atoms with van der Waals surface area (Å²) in [5, 5.41) is 4.29. The first-order chi connectivity index (χ1) is 9.89. The molecule has 0 saturated heterocycles. The lowest BCUT2D eigenvalue weighted by Gasteiger charge is -2.27. The Hall–Kier alpha value is -2.43. The fraction of sp³-hybridized carbons (Fsp3) is 0.312. The molecule has 0 amide bonds. The zero-order valence-electron chi connectivity index (χ0n) is 12.1. The third kappa shape index (κ3) is 2.24. The van der Waals surface area contributed by atoms with Crippen LogP contribution >= 0.6 is 0 Å². The number of rotatable bonds is 1. The Labute approximate surface area is 122 Å². The topological polar surface area (TPSA) is 78.0 Å². The van der Waals surface area contributed by atoms with Crippen LogP contribution in [0.15, 0.2) is 30.3 Å². The lowest BCUT2D eigenvalue weighted by molar-refractivity contribution is 0.0910. The molecule has 0 fully saturated rings. The SMILES string of the molecule is CC1(C)CC(=O)c2c(nn(C(=O)c3ccccc3)c2N)C1. The van der Waals surface area contributed by atoms with Gasteiger partial charge in [0.05, 0.1) is 11.3 Å². The maximum Gasteiger partial charge on any atom is 0.280 e. The van der Waals surface area contributed by atoms with Crippen LogP contribution in [0.5, 0.6) is 0 Å². The molecule has 1 aromatic carbocycles. The van der Waals surface area contributed by atoms with Crippen molar-refractivity contribution in [3.63, 3.8) is 0 Å². The lowest BCUT2D eigenvalue weighted by Crippen LogP contribution is -2.26. The summed E-state index contributed by atoms with van der Waals surface area (Å²) in [7, 11) is 0. The van der Waals surface area contributed by atoms with E-state index in [4.69, 9.17) is 5.73 Å². The number of hydrogen-bond acceptors (Lipinski definition) is 4. The first-order valence-electron chi connectivity index (χ1n) is 6.89. The summed E-state index contributed by atoms with van der Waals surface area (Å²) in [5.74, 6) is -0.196. The Morgan fingerprint density at radius 1 is 1.24 bits per heavy atom. The van der Waals surface area contributed by atoms with Crippen LogP contribution in [0.25, 0.3) is 0 Å². The molecular weight excluding hydrogens is 266 g/mol. The summed E-state index contributed by atoms with van der Waals surface area (Å²) >= 11 is 0. The van der Waals surface area contributed by atoms with Gasteiger partial charge in [0.15, 0.2) is 5.78 Å². The average Bonchev–Trinajstić information content (AvgIpc) is 2.74. The quantitative estimate of drug-likeness (QED) is 0.871. The maximum absolute atomic E-state index is 12.5. The van der Waals surface area contributed by atoms with E-state index in [1.165, 1.54) is 0 Å². The standard InChI is InChI=1S/C16H17N3O2/c1-16(2)8-11-13(12(20)9-16)14(17)19(18-11)15(21)10-6-4-3-5-7-10/h3-7H,8-9,17H2,1-2H3. The molecule has 5 heteroatoms. The maximum atomic E-state index is 12.5. The molecule has 1 heterocycles. The summed E-state index contributed by atoms with van der Waals surface area (Å²) in [6.45, 7) is 4.03. The highest BCUT2D eigenvalue weighted by atomic mass is 16.2. The Morgan fingerprint density at radius 2 is 1.90 bits per heavy atom. The molecule has 0 spiro atoms. The summed E-state index contributed by atoms with van der Waals surface area (Å²) in [6.07, 6.45) is 1.07. The molecule has 2 aromatic rings. The van der Waals surface area contributed by atoms with Gasteiger partial charge < -0.3 is 5.73 Å². The van der Waals surface area contributed by atoms with Crippen molar-refractivity contribution in [1.29, 1.82) is 0 Å². The minimum absolute atomic E-state index is 0.0362. The number of Topliss-reactive ketones (excluding diaryl/α,β-unsaturated/α-hetero) is 1. The fourth-order valence-electron chi connectivity index (χ4n) is 2.80. The lowest BCUT2D eigenvalue weighted by atomic mass is 9.76. The van der Waals surface area contributed by atoms with Crippen LogP contribution in [-0.4, -0.2) is 21.5 Å². The second-order valence-corrected chi connectivity index (χ2v) is 6.23. The highest BCUT2D eigenvalue weighted by molar-refractivity contribution is 6.06. The molecule has 0 unspecified atom stereocenters. The molecule has 0 radical (unpaired) electrons. The van der Waals surface area contributed by atoms with E-state index < -0.39 is 0 Å². The highest BCUT2D eigenvalue weighted by Gasteiger charge is 2.36. The average molecular weight is 283 g/mol. The third-order valence-electron chi connectivity index (χ3n) is 3.77. The normalized spacial score (nSPS) is 16.6. The molecular formula is C16H17N3O2. The van der Waals surface area contributed by atoms with Gasteiger partial charge in [-0.05, 0) is 24.0 Å². The highest BCUT2D eigenvalue weighted by Crippen LogP contribution is 2.36. The Bertz CT molecular complexity index is 729. The molecule has 1 aliphatic rings. The van der Waals surface area contributed by atoms with Crippen molar-refractivity contribution in [2.24, 2.45) is 5.41 Å². The minimum atomic E-state index is -0.312. The van der Waals surface area contributed by atoms with Crippen molar-refractivity contribution in [1.82, 2.24) is 9.78 Å². The predicted octanol–water partition coefficient (Wildman–Crippen LogP) is 2.31. The number of carbonyl (C=O) groups excluding carboxylic acids is 2. The van der Waals surface area contributed by atoms with Gasteiger partial charge >= 0.3 is 0 Å². The second kappa shape index (κ2) is 4.55. The van der Waals surface area contributed by atoms with Gasteiger partial charge in [0, 0.05) is 12.0 Å². The molecule has 2 N–H and O–H groups in total. The van der Waals surface area contributed by atoms with E-state index in [-0.39, 0.29) is 22.9 Å². The number of anilines is 1. The van der Waals surface area contributed by atoms with Crippen LogP contribution < -0.4 is 5.73 Å². The van der Waals surface area contributed by atoms with E-state index in [9.17, 15) is 9.59 Å². The molecule has 0 saturated carbocycles. The first kappa shape index (κ1) is 13.5. The van der Waals surface area contributed by atoms with Gasteiger partial charge in [-0.15, -0.1) is 0 Å². The molecule has 1 aliphatic carbocycles. The molecule has 3 rings (SSSR count). The van der Waals surface area contributed by atoms with Gasteiger partial charge in [0.1, 0.15) is 5.82 Å². The number of aromatic nitrogens is 2. The van der Waals surface area contributed by atoms with Crippen molar-refractivity contribution >= 4 is 17.5 Å². The molecule has 108 valence electrons. The summed E-state index contributed by atoms with van der Waals surface area (Å²) in [6, 6.07) is 8.80. The van der Waals surface area contributed by atoms with Crippen LogP contribution in [0, 0.1) is 5.41 Å². The fourth-order valence-corrected chi connectivity index (χ4v) is 2.80.